The highest BCUT2D eigenvalue weighted by molar-refractivity contribution is 9.10. The summed E-state index contributed by atoms with van der Waals surface area (Å²) in [5.74, 6) is 0.553. The molecule has 1 fully saturated rings. The summed E-state index contributed by atoms with van der Waals surface area (Å²) in [6.07, 6.45) is 1.56. The minimum Gasteiger partial charge on any atom is -0.496 e. The molecule has 5 heteroatoms. The SMILES string of the molecule is COc1cc(S(=O)(=O)C2CC2)ccc1Br. The monoisotopic (exact) mass is 290 g/mol. The second-order valence-electron chi connectivity index (χ2n) is 3.54. The van der Waals surface area contributed by atoms with Crippen molar-refractivity contribution < 1.29 is 13.2 Å². The van der Waals surface area contributed by atoms with Crippen LogP contribution in [0.5, 0.6) is 5.75 Å². The molecule has 1 saturated carbocycles. The summed E-state index contributed by atoms with van der Waals surface area (Å²) < 4.78 is 29.6. The summed E-state index contributed by atoms with van der Waals surface area (Å²) in [4.78, 5) is 0.352. The fourth-order valence-corrected chi connectivity index (χ4v) is 3.47. The number of halogens is 1. The molecule has 0 atom stereocenters. The van der Waals surface area contributed by atoms with Crippen LogP contribution in [0.4, 0.5) is 0 Å². The first-order valence-corrected chi connectivity index (χ1v) is 6.97. The number of benzene rings is 1. The van der Waals surface area contributed by atoms with Gasteiger partial charge in [-0.3, -0.25) is 0 Å². The highest BCUT2D eigenvalue weighted by atomic mass is 79.9. The van der Waals surface area contributed by atoms with Crippen molar-refractivity contribution in [2.75, 3.05) is 7.11 Å². The molecule has 1 aromatic carbocycles. The van der Waals surface area contributed by atoms with Gasteiger partial charge in [-0.1, -0.05) is 0 Å². The number of methoxy groups -OCH3 is 1. The summed E-state index contributed by atoms with van der Waals surface area (Å²) >= 11 is 3.29. The summed E-state index contributed by atoms with van der Waals surface area (Å²) in [7, 11) is -1.59. The van der Waals surface area contributed by atoms with Gasteiger partial charge in [0.2, 0.25) is 0 Å². The molecule has 82 valence electrons. The molecule has 0 N–H and O–H groups in total. The van der Waals surface area contributed by atoms with Crippen LogP contribution in [0.2, 0.25) is 0 Å². The third-order valence-corrected chi connectivity index (χ3v) is 5.33. The minimum atomic E-state index is -3.12. The van der Waals surface area contributed by atoms with Gasteiger partial charge in [0.25, 0.3) is 0 Å². The van der Waals surface area contributed by atoms with E-state index in [9.17, 15) is 8.42 Å². The Hall–Kier alpha value is -0.550. The lowest BCUT2D eigenvalue weighted by Crippen LogP contribution is -2.07. The van der Waals surface area contributed by atoms with E-state index in [2.05, 4.69) is 15.9 Å². The van der Waals surface area contributed by atoms with E-state index in [1.807, 2.05) is 0 Å². The van der Waals surface area contributed by atoms with Crippen LogP contribution in [0.3, 0.4) is 0 Å². The quantitative estimate of drug-likeness (QED) is 0.859. The molecule has 1 aromatic rings. The number of sulfone groups is 1. The van der Waals surface area contributed by atoms with E-state index in [0.717, 1.165) is 17.3 Å². The van der Waals surface area contributed by atoms with E-state index < -0.39 is 9.84 Å². The normalized spacial score (nSPS) is 16.4. The van der Waals surface area contributed by atoms with Crippen LogP contribution < -0.4 is 4.74 Å². The average Bonchev–Trinajstić information content (AvgIpc) is 3.01. The van der Waals surface area contributed by atoms with Crippen LogP contribution in [-0.4, -0.2) is 20.8 Å². The van der Waals surface area contributed by atoms with Gasteiger partial charge in [-0.15, -0.1) is 0 Å². The maximum Gasteiger partial charge on any atom is 0.181 e. The van der Waals surface area contributed by atoms with Crippen LogP contribution in [-0.2, 0) is 9.84 Å². The summed E-state index contributed by atoms with van der Waals surface area (Å²) in [5.41, 5.74) is 0. The van der Waals surface area contributed by atoms with Crippen LogP contribution >= 0.6 is 15.9 Å². The van der Waals surface area contributed by atoms with Crippen molar-refractivity contribution in [1.82, 2.24) is 0 Å². The first-order valence-electron chi connectivity index (χ1n) is 4.63. The Morgan fingerprint density at radius 3 is 2.60 bits per heavy atom. The lowest BCUT2D eigenvalue weighted by Gasteiger charge is -2.06. The zero-order chi connectivity index (χ0) is 11.1. The molecule has 0 amide bonds. The molecule has 3 nitrogen and oxygen atoms in total. The topological polar surface area (TPSA) is 43.4 Å². The Morgan fingerprint density at radius 1 is 1.40 bits per heavy atom. The molecule has 15 heavy (non-hydrogen) atoms. The Balaban J connectivity index is 2.45. The second kappa shape index (κ2) is 3.79. The summed E-state index contributed by atoms with van der Waals surface area (Å²) in [6, 6.07) is 4.88. The molecule has 0 heterocycles. The fraction of sp³-hybridized carbons (Fsp3) is 0.400. The van der Waals surface area contributed by atoms with Crippen molar-refractivity contribution >= 4 is 25.8 Å². The van der Waals surface area contributed by atoms with Crippen LogP contribution in [0.15, 0.2) is 27.6 Å². The largest absolute Gasteiger partial charge is 0.496 e. The van der Waals surface area contributed by atoms with E-state index >= 15 is 0 Å². The molecule has 0 radical (unpaired) electrons. The summed E-state index contributed by atoms with van der Waals surface area (Å²) in [5, 5.41) is -0.177. The highest BCUT2D eigenvalue weighted by Gasteiger charge is 2.37. The fourth-order valence-electron chi connectivity index (χ4n) is 1.39. The first kappa shape index (κ1) is 11.0. The standard InChI is InChI=1S/C10H11BrO3S/c1-14-10-6-8(4-5-9(10)11)15(12,13)7-2-3-7/h4-7H,2-3H2,1H3. The van der Waals surface area contributed by atoms with Crippen molar-refractivity contribution in [2.24, 2.45) is 0 Å². The van der Waals surface area contributed by atoms with E-state index in [1.165, 1.54) is 7.11 Å². The Bertz CT molecular complexity index is 477. The number of hydrogen-bond acceptors (Lipinski definition) is 3. The maximum absolute atomic E-state index is 11.9. The zero-order valence-corrected chi connectivity index (χ0v) is 10.6. The maximum atomic E-state index is 11.9. The first-order chi connectivity index (χ1) is 7.05. The predicted molar refractivity (Wildman–Crippen MR) is 60.9 cm³/mol. The van der Waals surface area contributed by atoms with Gasteiger partial charge < -0.3 is 4.74 Å². The summed E-state index contributed by atoms with van der Waals surface area (Å²) in [6.45, 7) is 0. The van der Waals surface area contributed by atoms with Gasteiger partial charge in [-0.25, -0.2) is 8.42 Å². The Kier molecular flexibility index (Phi) is 2.77. The van der Waals surface area contributed by atoms with Crippen LogP contribution in [0, 0.1) is 0 Å². The average molecular weight is 291 g/mol. The van der Waals surface area contributed by atoms with Gasteiger partial charge >= 0.3 is 0 Å². The molecule has 0 bridgehead atoms. The van der Waals surface area contributed by atoms with Gasteiger partial charge in [0.15, 0.2) is 9.84 Å². The van der Waals surface area contributed by atoms with Gasteiger partial charge in [-0.05, 0) is 47.0 Å². The molecule has 0 aromatic heterocycles. The molecule has 0 unspecified atom stereocenters. The van der Waals surface area contributed by atoms with Crippen molar-refractivity contribution in [1.29, 1.82) is 0 Å². The molecule has 2 rings (SSSR count). The highest BCUT2D eigenvalue weighted by Crippen LogP contribution is 2.36. The minimum absolute atomic E-state index is 0.177. The molecular weight excluding hydrogens is 280 g/mol. The van der Waals surface area contributed by atoms with Crippen molar-refractivity contribution in [3.63, 3.8) is 0 Å². The van der Waals surface area contributed by atoms with Crippen LogP contribution in [0.25, 0.3) is 0 Å². The van der Waals surface area contributed by atoms with Gasteiger partial charge in [-0.2, -0.15) is 0 Å². The Labute approximate surface area is 97.5 Å². The third kappa shape index (κ3) is 2.03. The molecule has 1 aliphatic rings. The van der Waals surface area contributed by atoms with Gasteiger partial charge in [0.05, 0.1) is 21.7 Å². The van der Waals surface area contributed by atoms with E-state index in [4.69, 9.17) is 4.74 Å². The third-order valence-electron chi connectivity index (χ3n) is 2.41. The van der Waals surface area contributed by atoms with E-state index in [0.29, 0.717) is 10.6 Å². The lowest BCUT2D eigenvalue weighted by atomic mass is 10.3. The van der Waals surface area contributed by atoms with Crippen molar-refractivity contribution in [3.05, 3.63) is 22.7 Å². The number of ether oxygens (including phenoxy) is 1. The van der Waals surface area contributed by atoms with Crippen molar-refractivity contribution in [2.45, 2.75) is 23.0 Å². The molecule has 0 saturated heterocycles. The molecule has 1 aliphatic carbocycles. The van der Waals surface area contributed by atoms with Crippen LogP contribution in [0.1, 0.15) is 12.8 Å². The molecule has 0 aliphatic heterocycles. The predicted octanol–water partition coefficient (Wildman–Crippen LogP) is 2.39. The van der Waals surface area contributed by atoms with E-state index in [1.54, 1.807) is 18.2 Å². The lowest BCUT2D eigenvalue weighted by molar-refractivity contribution is 0.410. The van der Waals surface area contributed by atoms with Gasteiger partial charge in [0, 0.05) is 0 Å². The van der Waals surface area contributed by atoms with E-state index in [-0.39, 0.29) is 5.25 Å². The molecular formula is C10H11BrO3S. The zero-order valence-electron chi connectivity index (χ0n) is 8.23. The molecule has 0 spiro atoms. The number of rotatable bonds is 3. The van der Waals surface area contributed by atoms with Crippen molar-refractivity contribution in [3.8, 4) is 5.75 Å². The second-order valence-corrected chi connectivity index (χ2v) is 6.62. The number of hydrogen-bond donors (Lipinski definition) is 0. The smallest absolute Gasteiger partial charge is 0.181 e. The van der Waals surface area contributed by atoms with Gasteiger partial charge in [0.1, 0.15) is 5.75 Å². The Morgan fingerprint density at radius 2 is 2.07 bits per heavy atom.